The molecule has 35 heavy (non-hydrogen) atoms. The Bertz CT molecular complexity index is 1140. The molecule has 3 fully saturated rings. The molecule has 3 amide bonds. The van der Waals surface area contributed by atoms with Gasteiger partial charge in [0.05, 0.1) is 16.6 Å². The number of benzene rings is 2. The molecule has 3 aliphatic rings. The van der Waals surface area contributed by atoms with Crippen molar-refractivity contribution in [2.24, 2.45) is 11.8 Å². The summed E-state index contributed by atoms with van der Waals surface area (Å²) < 4.78 is -0.642. The number of carbonyl (C=O) groups is 3. The summed E-state index contributed by atoms with van der Waals surface area (Å²) in [7, 11) is 0. The van der Waals surface area contributed by atoms with Crippen LogP contribution in [0.15, 0.2) is 48.5 Å². The van der Waals surface area contributed by atoms with Crippen molar-refractivity contribution in [1.82, 2.24) is 4.90 Å². The van der Waals surface area contributed by atoms with E-state index in [9.17, 15) is 19.5 Å². The minimum absolute atomic E-state index is 0.00292. The maximum Gasteiger partial charge on any atom is 0.248 e. The lowest BCUT2D eigenvalue weighted by atomic mass is 9.70. The number of fused-ring (bicyclic) bond motifs is 1. The van der Waals surface area contributed by atoms with Gasteiger partial charge in [0.1, 0.15) is 6.04 Å². The molecule has 2 aromatic rings. The molecule has 8 heteroatoms. The van der Waals surface area contributed by atoms with E-state index in [-0.39, 0.29) is 36.1 Å². The molecule has 0 aliphatic carbocycles. The van der Waals surface area contributed by atoms with Crippen LogP contribution >= 0.6 is 11.8 Å². The van der Waals surface area contributed by atoms with E-state index in [1.165, 1.54) is 0 Å². The number of para-hydroxylation sites is 2. The zero-order valence-electron chi connectivity index (χ0n) is 20.0. The third-order valence-corrected chi connectivity index (χ3v) is 9.63. The fraction of sp³-hybridized carbons (Fsp3) is 0.444. The van der Waals surface area contributed by atoms with Gasteiger partial charge in [0.25, 0.3) is 0 Å². The van der Waals surface area contributed by atoms with Gasteiger partial charge >= 0.3 is 0 Å². The van der Waals surface area contributed by atoms with E-state index in [4.69, 9.17) is 0 Å². The summed E-state index contributed by atoms with van der Waals surface area (Å²) >= 11 is 1.65. The van der Waals surface area contributed by atoms with Crippen molar-refractivity contribution in [3.63, 3.8) is 0 Å². The Morgan fingerprint density at radius 3 is 2.46 bits per heavy atom. The Balaban J connectivity index is 1.47. The number of nitrogens with zero attached hydrogens (tertiary/aromatic N) is 1. The van der Waals surface area contributed by atoms with Crippen molar-refractivity contribution in [1.29, 1.82) is 0 Å². The van der Waals surface area contributed by atoms with Gasteiger partial charge in [-0.2, -0.15) is 0 Å². The molecule has 1 spiro atoms. The van der Waals surface area contributed by atoms with E-state index in [0.717, 1.165) is 23.2 Å². The monoisotopic (exact) mass is 493 g/mol. The molecule has 7 nitrogen and oxygen atoms in total. The number of thioether (sulfide) groups is 1. The van der Waals surface area contributed by atoms with Crippen molar-refractivity contribution in [3.8, 4) is 0 Å². The Morgan fingerprint density at radius 2 is 1.77 bits per heavy atom. The summed E-state index contributed by atoms with van der Waals surface area (Å²) in [5, 5.41) is 15.6. The van der Waals surface area contributed by atoms with E-state index in [1.54, 1.807) is 16.7 Å². The second kappa shape index (κ2) is 9.32. The standard InChI is InChI=1S/C27H31N3O4S/c1-16-8-6-9-17(2)22(16)29-25(33)23-27-13-12-19(35-27)20(21(27)26(34)30(23)14-7-15-31)24(32)28-18-10-4-3-5-11-18/h3-6,8-11,19-21,23,31H,7,12-15H2,1-2H3,(H,28,32)(H,29,33)/t19-,20+,21+,23?,27?/m1/s1. The van der Waals surface area contributed by atoms with E-state index in [2.05, 4.69) is 10.6 Å². The zero-order chi connectivity index (χ0) is 24.7. The lowest BCUT2D eigenvalue weighted by Gasteiger charge is -2.34. The summed E-state index contributed by atoms with van der Waals surface area (Å²) in [6.07, 6.45) is 1.90. The van der Waals surface area contributed by atoms with Gasteiger partial charge in [0.2, 0.25) is 17.7 Å². The summed E-state index contributed by atoms with van der Waals surface area (Å²) in [5.41, 5.74) is 3.39. The van der Waals surface area contributed by atoms with E-state index < -0.39 is 22.6 Å². The molecule has 184 valence electrons. The number of carbonyl (C=O) groups excluding carboxylic acids is 3. The first-order chi connectivity index (χ1) is 16.9. The number of hydrogen-bond donors (Lipinski definition) is 3. The van der Waals surface area contributed by atoms with Gasteiger partial charge in [-0.15, -0.1) is 11.8 Å². The number of aliphatic hydroxyl groups excluding tert-OH is 1. The molecule has 5 rings (SSSR count). The van der Waals surface area contributed by atoms with Gasteiger partial charge in [-0.05, 0) is 56.4 Å². The molecule has 0 saturated carbocycles. The highest BCUT2D eigenvalue weighted by Gasteiger charge is 2.73. The molecule has 5 atom stereocenters. The largest absolute Gasteiger partial charge is 0.396 e. The maximum absolute atomic E-state index is 13.8. The normalized spacial score (nSPS) is 28.8. The molecule has 0 aromatic heterocycles. The Morgan fingerprint density at radius 1 is 1.06 bits per heavy atom. The first-order valence-corrected chi connectivity index (χ1v) is 13.1. The van der Waals surface area contributed by atoms with Crippen LogP contribution in [0.3, 0.4) is 0 Å². The van der Waals surface area contributed by atoms with Crippen LogP contribution in [0.25, 0.3) is 0 Å². The summed E-state index contributed by atoms with van der Waals surface area (Å²) in [6.45, 7) is 4.12. The summed E-state index contributed by atoms with van der Waals surface area (Å²) in [5.74, 6) is -1.57. The SMILES string of the molecule is Cc1cccc(C)c1NC(=O)C1N(CCCO)C(=O)[C@@H]2[C@@H](C(=O)Nc3ccccc3)[C@H]3CCC12S3. The van der Waals surface area contributed by atoms with E-state index in [1.807, 2.05) is 62.4 Å². The van der Waals surface area contributed by atoms with Crippen molar-refractivity contribution >= 4 is 40.9 Å². The van der Waals surface area contributed by atoms with Gasteiger partial charge in [-0.25, -0.2) is 0 Å². The van der Waals surface area contributed by atoms with Gasteiger partial charge in [0.15, 0.2) is 0 Å². The van der Waals surface area contributed by atoms with Crippen molar-refractivity contribution in [2.75, 3.05) is 23.8 Å². The number of nitrogens with one attached hydrogen (secondary N) is 2. The topological polar surface area (TPSA) is 98.7 Å². The molecule has 3 N–H and O–H groups in total. The second-order valence-electron chi connectivity index (χ2n) is 9.78. The summed E-state index contributed by atoms with van der Waals surface area (Å²) in [6, 6.07) is 14.4. The molecule has 3 saturated heterocycles. The molecule has 0 radical (unpaired) electrons. The number of amides is 3. The number of aliphatic hydroxyl groups is 1. The van der Waals surface area contributed by atoms with Crippen LogP contribution < -0.4 is 10.6 Å². The number of rotatable bonds is 7. The molecular formula is C27H31N3O4S. The molecular weight excluding hydrogens is 462 g/mol. The van der Waals surface area contributed by atoms with Crippen LogP contribution in [0.2, 0.25) is 0 Å². The van der Waals surface area contributed by atoms with Gasteiger partial charge in [-0.3, -0.25) is 14.4 Å². The van der Waals surface area contributed by atoms with Crippen LogP contribution in [0, 0.1) is 25.7 Å². The first-order valence-electron chi connectivity index (χ1n) is 12.2. The average Bonchev–Trinajstić information content (AvgIpc) is 3.48. The third-order valence-electron chi connectivity index (χ3n) is 7.68. The van der Waals surface area contributed by atoms with Crippen molar-refractivity contribution < 1.29 is 19.5 Å². The lowest BCUT2D eigenvalue weighted by molar-refractivity contribution is -0.138. The number of anilines is 2. The first kappa shape index (κ1) is 23.9. The highest BCUT2D eigenvalue weighted by molar-refractivity contribution is 8.02. The van der Waals surface area contributed by atoms with Gasteiger partial charge < -0.3 is 20.6 Å². The van der Waals surface area contributed by atoms with Gasteiger partial charge in [-0.1, -0.05) is 36.4 Å². The molecule has 2 bridgehead atoms. The Kier molecular flexibility index (Phi) is 6.36. The highest BCUT2D eigenvalue weighted by Crippen LogP contribution is 2.66. The zero-order valence-corrected chi connectivity index (χ0v) is 20.8. The average molecular weight is 494 g/mol. The molecule has 3 aliphatic heterocycles. The smallest absolute Gasteiger partial charge is 0.248 e. The lowest BCUT2D eigenvalue weighted by Crippen LogP contribution is -2.51. The van der Waals surface area contributed by atoms with E-state index >= 15 is 0 Å². The predicted molar refractivity (Wildman–Crippen MR) is 137 cm³/mol. The Hall–Kier alpha value is -2.84. The minimum atomic E-state index is -0.685. The molecule has 2 aromatic carbocycles. The molecule has 2 unspecified atom stereocenters. The van der Waals surface area contributed by atoms with Crippen LogP contribution in [-0.2, 0) is 14.4 Å². The quantitative estimate of drug-likeness (QED) is 0.550. The van der Waals surface area contributed by atoms with Crippen LogP contribution in [0.1, 0.15) is 30.4 Å². The number of hydrogen-bond acceptors (Lipinski definition) is 5. The predicted octanol–water partition coefficient (Wildman–Crippen LogP) is 3.35. The van der Waals surface area contributed by atoms with Crippen LogP contribution in [0.4, 0.5) is 11.4 Å². The Labute approximate surface area is 209 Å². The fourth-order valence-electron chi connectivity index (χ4n) is 6.19. The van der Waals surface area contributed by atoms with Crippen molar-refractivity contribution in [2.45, 2.75) is 49.1 Å². The number of likely N-dealkylation sites (tertiary alicyclic amines) is 1. The third kappa shape index (κ3) is 3.93. The fourth-order valence-corrected chi connectivity index (χ4v) is 8.41. The second-order valence-corrected chi connectivity index (χ2v) is 11.4. The maximum atomic E-state index is 13.8. The number of aryl methyl sites for hydroxylation is 2. The van der Waals surface area contributed by atoms with Crippen LogP contribution in [-0.4, -0.2) is 56.9 Å². The van der Waals surface area contributed by atoms with Crippen LogP contribution in [0.5, 0.6) is 0 Å². The van der Waals surface area contributed by atoms with E-state index in [0.29, 0.717) is 18.5 Å². The van der Waals surface area contributed by atoms with Crippen molar-refractivity contribution in [3.05, 3.63) is 59.7 Å². The highest BCUT2D eigenvalue weighted by atomic mass is 32.2. The minimum Gasteiger partial charge on any atom is -0.396 e. The molecule has 3 heterocycles. The summed E-state index contributed by atoms with van der Waals surface area (Å²) in [4.78, 5) is 42.7. The van der Waals surface area contributed by atoms with Gasteiger partial charge in [0, 0.05) is 29.8 Å².